The number of nitrogens with zero attached hydrogens (tertiary/aromatic N) is 3. The predicted octanol–water partition coefficient (Wildman–Crippen LogP) is 1.57. The minimum Gasteiger partial charge on any atom is -0.320 e. The Morgan fingerprint density at radius 2 is 2.12 bits per heavy atom. The molecule has 1 fully saturated rings. The van der Waals surface area contributed by atoms with E-state index in [1.807, 2.05) is 22.5 Å². The highest BCUT2D eigenvalue weighted by atomic mass is 16.1. The topological polar surface area (TPSA) is 63.9 Å². The summed E-state index contributed by atoms with van der Waals surface area (Å²) in [4.78, 5) is 13.3. The van der Waals surface area contributed by atoms with Crippen molar-refractivity contribution in [1.82, 2.24) is 25.0 Å². The molecule has 2 N–H and O–H groups in total. The van der Waals surface area contributed by atoms with Gasteiger partial charge in [0.1, 0.15) is 5.65 Å². The maximum absolute atomic E-state index is 13.3. The Bertz CT molecular complexity index is 785. The second-order valence-electron chi connectivity index (χ2n) is 7.01. The van der Waals surface area contributed by atoms with Crippen LogP contribution in [0.15, 0.2) is 11.0 Å². The average molecular weight is 329 g/mol. The van der Waals surface area contributed by atoms with Gasteiger partial charge < -0.3 is 5.32 Å². The summed E-state index contributed by atoms with van der Waals surface area (Å²) in [5, 5.41) is 12.5. The van der Waals surface area contributed by atoms with Gasteiger partial charge in [-0.15, -0.1) is 0 Å². The molecule has 3 heterocycles. The molecule has 0 spiro atoms. The first kappa shape index (κ1) is 15.8. The maximum atomic E-state index is 13.3. The molecule has 4 rings (SSSR count). The molecule has 1 atom stereocenters. The number of aromatic nitrogens is 3. The average Bonchev–Trinajstić information content (AvgIpc) is 3.26. The molecule has 2 aliphatic rings. The van der Waals surface area contributed by atoms with Crippen molar-refractivity contribution >= 4 is 11.0 Å². The van der Waals surface area contributed by atoms with Crippen molar-refractivity contribution in [3.05, 3.63) is 27.7 Å². The molecule has 1 aliphatic carbocycles. The molecule has 0 bridgehead atoms. The monoisotopic (exact) mass is 329 g/mol. The van der Waals surface area contributed by atoms with Crippen LogP contribution < -0.4 is 16.2 Å². The lowest BCUT2D eigenvalue weighted by Gasteiger charge is -2.23. The van der Waals surface area contributed by atoms with E-state index in [2.05, 4.69) is 15.7 Å². The van der Waals surface area contributed by atoms with Crippen molar-refractivity contribution in [3.8, 4) is 0 Å². The van der Waals surface area contributed by atoms with Crippen LogP contribution >= 0.6 is 0 Å². The summed E-state index contributed by atoms with van der Waals surface area (Å²) in [7, 11) is 1.97. The zero-order valence-corrected chi connectivity index (χ0v) is 14.5. The molecule has 2 aromatic rings. The molecule has 0 saturated carbocycles. The van der Waals surface area contributed by atoms with E-state index in [1.165, 1.54) is 17.4 Å². The third kappa shape index (κ3) is 2.58. The van der Waals surface area contributed by atoms with Crippen molar-refractivity contribution in [2.24, 2.45) is 0 Å². The second kappa shape index (κ2) is 6.69. The van der Waals surface area contributed by atoms with Crippen LogP contribution in [0.3, 0.4) is 0 Å². The van der Waals surface area contributed by atoms with E-state index in [4.69, 9.17) is 0 Å². The largest absolute Gasteiger partial charge is 0.320 e. The number of hydrogen-bond acceptors (Lipinski definition) is 4. The fraction of sp³-hybridized carbons (Fsp3) is 0.667. The highest BCUT2D eigenvalue weighted by Crippen LogP contribution is 2.29. The van der Waals surface area contributed by atoms with Crippen molar-refractivity contribution in [2.75, 3.05) is 20.1 Å². The highest BCUT2D eigenvalue weighted by Gasteiger charge is 2.27. The fourth-order valence-corrected chi connectivity index (χ4v) is 4.27. The van der Waals surface area contributed by atoms with Gasteiger partial charge in [0.25, 0.3) is 5.56 Å². The Hall–Kier alpha value is -1.66. The second-order valence-corrected chi connectivity index (χ2v) is 7.01. The van der Waals surface area contributed by atoms with Crippen LogP contribution in [0, 0.1) is 0 Å². The lowest BCUT2D eigenvalue weighted by Crippen LogP contribution is -2.35. The lowest BCUT2D eigenvalue weighted by atomic mass is 9.91. The first-order chi connectivity index (χ1) is 11.8. The van der Waals surface area contributed by atoms with E-state index in [0.717, 1.165) is 69.4 Å². The zero-order valence-electron chi connectivity index (χ0n) is 14.5. The molecule has 130 valence electrons. The van der Waals surface area contributed by atoms with Crippen molar-refractivity contribution in [3.63, 3.8) is 0 Å². The van der Waals surface area contributed by atoms with Crippen LogP contribution in [-0.2, 0) is 19.4 Å². The minimum absolute atomic E-state index is 0.118. The summed E-state index contributed by atoms with van der Waals surface area (Å²) in [6.07, 6.45) is 9.51. The molecule has 1 saturated heterocycles. The molecule has 1 unspecified atom stereocenters. The van der Waals surface area contributed by atoms with Crippen LogP contribution in [0.2, 0.25) is 0 Å². The highest BCUT2D eigenvalue weighted by molar-refractivity contribution is 5.81. The van der Waals surface area contributed by atoms with E-state index >= 15 is 0 Å². The van der Waals surface area contributed by atoms with Crippen molar-refractivity contribution in [1.29, 1.82) is 0 Å². The number of pyridine rings is 1. The molecule has 6 heteroatoms. The van der Waals surface area contributed by atoms with Gasteiger partial charge in [-0.1, -0.05) is 0 Å². The quantitative estimate of drug-likeness (QED) is 0.818. The van der Waals surface area contributed by atoms with E-state index < -0.39 is 0 Å². The Balaban J connectivity index is 1.90. The van der Waals surface area contributed by atoms with Gasteiger partial charge in [0.05, 0.1) is 12.4 Å². The lowest BCUT2D eigenvalue weighted by molar-refractivity contribution is 0.449. The van der Waals surface area contributed by atoms with E-state index in [1.54, 1.807) is 0 Å². The standard InChI is InChI=1S/C18H27N5O/c1-19-9-5-11-22-17-15(12-21-22)13-6-2-3-7-14(13)18(24)23(17)16-8-4-10-20-16/h12,16,19-20H,2-11H2,1H3. The van der Waals surface area contributed by atoms with Gasteiger partial charge in [0.2, 0.25) is 0 Å². The van der Waals surface area contributed by atoms with Gasteiger partial charge in [0.15, 0.2) is 0 Å². The van der Waals surface area contributed by atoms with Crippen LogP contribution in [0.25, 0.3) is 11.0 Å². The molecule has 0 aromatic carbocycles. The summed E-state index contributed by atoms with van der Waals surface area (Å²) in [5.41, 5.74) is 3.54. The van der Waals surface area contributed by atoms with Gasteiger partial charge in [-0.05, 0) is 70.6 Å². The van der Waals surface area contributed by atoms with Gasteiger partial charge in [-0.2, -0.15) is 5.10 Å². The van der Waals surface area contributed by atoms with Gasteiger partial charge in [-0.3, -0.25) is 14.7 Å². The van der Waals surface area contributed by atoms with Crippen LogP contribution in [0.5, 0.6) is 0 Å². The Morgan fingerprint density at radius 3 is 2.88 bits per heavy atom. The number of nitrogens with one attached hydrogen (secondary N) is 2. The maximum Gasteiger partial charge on any atom is 0.256 e. The molecule has 1 aliphatic heterocycles. The van der Waals surface area contributed by atoms with E-state index in [9.17, 15) is 4.79 Å². The Morgan fingerprint density at radius 1 is 1.29 bits per heavy atom. The molecule has 0 radical (unpaired) electrons. The van der Waals surface area contributed by atoms with Gasteiger partial charge in [0, 0.05) is 17.5 Å². The van der Waals surface area contributed by atoms with E-state index in [0.29, 0.717) is 0 Å². The van der Waals surface area contributed by atoms with Crippen LogP contribution in [0.4, 0.5) is 0 Å². The molecular formula is C18H27N5O. The van der Waals surface area contributed by atoms with E-state index in [-0.39, 0.29) is 11.7 Å². The minimum atomic E-state index is 0.118. The fourth-order valence-electron chi connectivity index (χ4n) is 4.27. The summed E-state index contributed by atoms with van der Waals surface area (Å²) in [6, 6.07) is 0. The summed E-state index contributed by atoms with van der Waals surface area (Å²) in [5.74, 6) is 0. The Kier molecular flexibility index (Phi) is 4.41. The van der Waals surface area contributed by atoms with Crippen LogP contribution in [-0.4, -0.2) is 34.5 Å². The van der Waals surface area contributed by atoms with Crippen molar-refractivity contribution in [2.45, 2.75) is 57.7 Å². The summed E-state index contributed by atoms with van der Waals surface area (Å²) in [6.45, 7) is 2.79. The van der Waals surface area contributed by atoms with Crippen molar-refractivity contribution < 1.29 is 0 Å². The van der Waals surface area contributed by atoms with Gasteiger partial charge in [-0.25, -0.2) is 4.68 Å². The summed E-state index contributed by atoms with van der Waals surface area (Å²) >= 11 is 0. The third-order valence-corrected chi connectivity index (χ3v) is 5.45. The molecule has 2 aromatic heterocycles. The zero-order chi connectivity index (χ0) is 16.5. The molecular weight excluding hydrogens is 302 g/mol. The SMILES string of the molecule is CNCCCn1ncc2c3c(c(=O)n(C4CCCN4)c21)CCCC3. The number of hydrogen-bond donors (Lipinski definition) is 2. The number of aryl methyl sites for hydroxylation is 2. The third-order valence-electron chi connectivity index (χ3n) is 5.45. The summed E-state index contributed by atoms with van der Waals surface area (Å²) < 4.78 is 4.06. The molecule has 24 heavy (non-hydrogen) atoms. The first-order valence-electron chi connectivity index (χ1n) is 9.31. The molecule has 6 nitrogen and oxygen atoms in total. The number of rotatable bonds is 5. The molecule has 0 amide bonds. The Labute approximate surface area is 142 Å². The number of fused-ring (bicyclic) bond motifs is 3. The first-order valence-corrected chi connectivity index (χ1v) is 9.31. The smallest absolute Gasteiger partial charge is 0.256 e. The van der Waals surface area contributed by atoms with Gasteiger partial charge >= 0.3 is 0 Å². The predicted molar refractivity (Wildman–Crippen MR) is 95.5 cm³/mol. The van der Waals surface area contributed by atoms with Crippen LogP contribution in [0.1, 0.15) is 49.4 Å². The normalized spacial score (nSPS) is 20.6.